The van der Waals surface area contributed by atoms with Crippen molar-refractivity contribution in [1.82, 2.24) is 15.5 Å². The largest absolute Gasteiger partial charge is 0.493 e. The summed E-state index contributed by atoms with van der Waals surface area (Å²) in [5.74, 6) is 2.49. The SMILES string of the molecule is CCOc1cc(CCCNC(=NC)NCCN(C)C2CCCC2)ccc1OC.I. The molecule has 0 amide bonds. The molecule has 1 aliphatic carbocycles. The summed E-state index contributed by atoms with van der Waals surface area (Å²) in [7, 11) is 5.73. The number of rotatable bonds is 11. The molecule has 0 saturated heterocycles. The second-order valence-electron chi connectivity index (χ2n) is 7.37. The standard InChI is InChI=1S/C22H38N4O2.HI/c1-5-28-21-17-18(12-13-20(21)27-4)9-8-14-24-22(23-2)25-15-16-26(3)19-10-6-7-11-19;/h12-13,17,19H,5-11,14-16H2,1-4H3,(H2,23,24,25);1H. The van der Waals surface area contributed by atoms with E-state index in [1.807, 2.05) is 20.0 Å². The Morgan fingerprint density at radius 3 is 2.55 bits per heavy atom. The Morgan fingerprint density at radius 2 is 1.90 bits per heavy atom. The lowest BCUT2D eigenvalue weighted by atomic mass is 10.1. The molecule has 0 spiro atoms. The number of guanidine groups is 1. The Morgan fingerprint density at radius 1 is 1.17 bits per heavy atom. The summed E-state index contributed by atoms with van der Waals surface area (Å²) in [4.78, 5) is 6.81. The summed E-state index contributed by atoms with van der Waals surface area (Å²) in [6.07, 6.45) is 7.47. The minimum Gasteiger partial charge on any atom is -0.493 e. The van der Waals surface area contributed by atoms with Crippen molar-refractivity contribution in [3.8, 4) is 11.5 Å². The number of likely N-dealkylation sites (N-methyl/N-ethyl adjacent to an activating group) is 1. The van der Waals surface area contributed by atoms with Crippen molar-refractivity contribution in [1.29, 1.82) is 0 Å². The molecule has 0 aliphatic heterocycles. The van der Waals surface area contributed by atoms with E-state index in [-0.39, 0.29) is 24.0 Å². The highest BCUT2D eigenvalue weighted by Gasteiger charge is 2.18. The third kappa shape index (κ3) is 8.99. The average molecular weight is 518 g/mol. The van der Waals surface area contributed by atoms with Gasteiger partial charge in [0, 0.05) is 32.7 Å². The van der Waals surface area contributed by atoms with E-state index in [0.717, 1.165) is 56.0 Å². The maximum atomic E-state index is 5.66. The number of hydrogen-bond donors (Lipinski definition) is 2. The van der Waals surface area contributed by atoms with Crippen LogP contribution in [0.15, 0.2) is 23.2 Å². The quantitative estimate of drug-likeness (QED) is 0.203. The van der Waals surface area contributed by atoms with Crippen LogP contribution < -0.4 is 20.1 Å². The molecule has 1 aromatic carbocycles. The predicted molar refractivity (Wildman–Crippen MR) is 132 cm³/mol. The molecule has 0 radical (unpaired) electrons. The van der Waals surface area contributed by atoms with E-state index in [1.165, 1.54) is 31.2 Å². The maximum absolute atomic E-state index is 5.66. The first-order chi connectivity index (χ1) is 13.7. The zero-order valence-corrected chi connectivity index (χ0v) is 20.8. The highest BCUT2D eigenvalue weighted by atomic mass is 127. The summed E-state index contributed by atoms with van der Waals surface area (Å²) in [5, 5.41) is 6.83. The third-order valence-corrected chi connectivity index (χ3v) is 5.39. The van der Waals surface area contributed by atoms with Gasteiger partial charge in [-0.1, -0.05) is 18.9 Å². The van der Waals surface area contributed by atoms with Gasteiger partial charge in [-0.25, -0.2) is 0 Å². The van der Waals surface area contributed by atoms with Crippen LogP contribution in [0.1, 0.15) is 44.6 Å². The van der Waals surface area contributed by atoms with E-state index < -0.39 is 0 Å². The van der Waals surface area contributed by atoms with Crippen molar-refractivity contribution < 1.29 is 9.47 Å². The van der Waals surface area contributed by atoms with Crippen LogP contribution in [0.3, 0.4) is 0 Å². The Kier molecular flexibility index (Phi) is 13.1. The highest BCUT2D eigenvalue weighted by Crippen LogP contribution is 2.28. The molecule has 7 heteroatoms. The van der Waals surface area contributed by atoms with Gasteiger partial charge in [-0.3, -0.25) is 4.99 Å². The van der Waals surface area contributed by atoms with Crippen LogP contribution in [0.2, 0.25) is 0 Å². The molecule has 1 saturated carbocycles. The number of benzene rings is 1. The van der Waals surface area contributed by atoms with Crippen LogP contribution in [-0.4, -0.2) is 64.3 Å². The number of hydrogen-bond acceptors (Lipinski definition) is 4. The molecular weight excluding hydrogens is 479 g/mol. The number of ether oxygens (including phenoxy) is 2. The Balaban J connectivity index is 0.00000420. The summed E-state index contributed by atoms with van der Waals surface area (Å²) >= 11 is 0. The Labute approximate surface area is 193 Å². The fourth-order valence-corrected chi connectivity index (χ4v) is 3.74. The lowest BCUT2D eigenvalue weighted by Gasteiger charge is -2.24. The highest BCUT2D eigenvalue weighted by molar-refractivity contribution is 14.0. The van der Waals surface area contributed by atoms with Crippen molar-refractivity contribution in [2.24, 2.45) is 4.99 Å². The second-order valence-corrected chi connectivity index (χ2v) is 7.37. The number of aliphatic imine (C=N–C) groups is 1. The van der Waals surface area contributed by atoms with E-state index in [1.54, 1.807) is 7.11 Å². The molecule has 166 valence electrons. The van der Waals surface area contributed by atoms with Gasteiger partial charge in [-0.05, 0) is 57.4 Å². The molecular formula is C22H39IN4O2. The zero-order valence-electron chi connectivity index (χ0n) is 18.5. The molecule has 0 bridgehead atoms. The van der Waals surface area contributed by atoms with E-state index in [2.05, 4.69) is 39.7 Å². The van der Waals surface area contributed by atoms with Gasteiger partial charge >= 0.3 is 0 Å². The van der Waals surface area contributed by atoms with Crippen LogP contribution >= 0.6 is 24.0 Å². The molecule has 1 fully saturated rings. The van der Waals surface area contributed by atoms with E-state index >= 15 is 0 Å². The van der Waals surface area contributed by atoms with Gasteiger partial charge in [0.05, 0.1) is 13.7 Å². The van der Waals surface area contributed by atoms with Crippen LogP contribution in [0.4, 0.5) is 0 Å². The van der Waals surface area contributed by atoms with Crippen LogP contribution in [0, 0.1) is 0 Å². The number of nitrogens with zero attached hydrogens (tertiary/aromatic N) is 2. The number of aryl methyl sites for hydroxylation is 1. The third-order valence-electron chi connectivity index (χ3n) is 5.39. The van der Waals surface area contributed by atoms with Gasteiger partial charge in [0.1, 0.15) is 0 Å². The molecule has 2 rings (SSSR count). The first-order valence-corrected chi connectivity index (χ1v) is 10.6. The first-order valence-electron chi connectivity index (χ1n) is 10.6. The van der Waals surface area contributed by atoms with Gasteiger partial charge in [0.25, 0.3) is 0 Å². The average Bonchev–Trinajstić information content (AvgIpc) is 3.25. The van der Waals surface area contributed by atoms with E-state index in [9.17, 15) is 0 Å². The molecule has 1 aromatic rings. The molecule has 6 nitrogen and oxygen atoms in total. The minimum absolute atomic E-state index is 0. The van der Waals surface area contributed by atoms with Gasteiger partial charge in [-0.2, -0.15) is 0 Å². The topological polar surface area (TPSA) is 58.1 Å². The number of methoxy groups -OCH3 is 1. The van der Waals surface area contributed by atoms with Crippen molar-refractivity contribution in [3.05, 3.63) is 23.8 Å². The Hall–Kier alpha value is -1.22. The van der Waals surface area contributed by atoms with E-state index in [4.69, 9.17) is 9.47 Å². The summed E-state index contributed by atoms with van der Waals surface area (Å²) in [6, 6.07) is 6.93. The molecule has 29 heavy (non-hydrogen) atoms. The van der Waals surface area contributed by atoms with Crippen molar-refractivity contribution in [3.63, 3.8) is 0 Å². The first kappa shape index (κ1) is 25.8. The van der Waals surface area contributed by atoms with Gasteiger partial charge in [0.15, 0.2) is 17.5 Å². The van der Waals surface area contributed by atoms with Gasteiger partial charge in [0.2, 0.25) is 0 Å². The van der Waals surface area contributed by atoms with Crippen molar-refractivity contribution in [2.75, 3.05) is 47.4 Å². The fourth-order valence-electron chi connectivity index (χ4n) is 3.74. The van der Waals surface area contributed by atoms with Crippen LogP contribution in [0.5, 0.6) is 11.5 Å². The maximum Gasteiger partial charge on any atom is 0.191 e. The van der Waals surface area contributed by atoms with Crippen molar-refractivity contribution in [2.45, 2.75) is 51.5 Å². The molecule has 0 unspecified atom stereocenters. The zero-order chi connectivity index (χ0) is 20.2. The summed E-state index contributed by atoms with van der Waals surface area (Å²) in [5.41, 5.74) is 1.26. The second kappa shape index (κ2) is 14.7. The molecule has 0 atom stereocenters. The van der Waals surface area contributed by atoms with Gasteiger partial charge in [-0.15, -0.1) is 24.0 Å². The lowest BCUT2D eigenvalue weighted by molar-refractivity contribution is 0.249. The van der Waals surface area contributed by atoms with Crippen LogP contribution in [-0.2, 0) is 6.42 Å². The molecule has 2 N–H and O–H groups in total. The van der Waals surface area contributed by atoms with E-state index in [0.29, 0.717) is 6.61 Å². The molecule has 0 aromatic heterocycles. The van der Waals surface area contributed by atoms with Crippen LogP contribution in [0.25, 0.3) is 0 Å². The fraction of sp³-hybridized carbons (Fsp3) is 0.682. The smallest absolute Gasteiger partial charge is 0.191 e. The summed E-state index contributed by atoms with van der Waals surface area (Å²) in [6.45, 7) is 5.48. The number of nitrogens with one attached hydrogen (secondary N) is 2. The molecule has 0 heterocycles. The predicted octanol–water partition coefficient (Wildman–Crippen LogP) is 3.68. The minimum atomic E-state index is 0. The lowest BCUT2D eigenvalue weighted by Crippen LogP contribution is -2.42. The number of halogens is 1. The monoisotopic (exact) mass is 518 g/mol. The Bertz CT molecular complexity index is 606. The van der Waals surface area contributed by atoms with Crippen molar-refractivity contribution >= 4 is 29.9 Å². The van der Waals surface area contributed by atoms with Gasteiger partial charge < -0.3 is 25.0 Å². The normalized spacial score (nSPS) is 14.6. The summed E-state index contributed by atoms with van der Waals surface area (Å²) < 4.78 is 11.0. The molecule has 1 aliphatic rings.